The maximum absolute atomic E-state index is 14.4. The molecule has 0 saturated carbocycles. The number of amides is 1. The zero-order valence-corrected chi connectivity index (χ0v) is 22.1. The molecule has 0 radical (unpaired) electrons. The fourth-order valence-corrected chi connectivity index (χ4v) is 5.36. The summed E-state index contributed by atoms with van der Waals surface area (Å²) in [4.78, 5) is 28.0. The minimum absolute atomic E-state index is 0.0922. The first-order valence-electron chi connectivity index (χ1n) is 13.1. The van der Waals surface area contributed by atoms with Crippen molar-refractivity contribution >= 4 is 28.2 Å². The molecular formula is C28H29F2N7O3. The van der Waals surface area contributed by atoms with E-state index in [1.54, 1.807) is 6.07 Å². The van der Waals surface area contributed by atoms with Gasteiger partial charge < -0.3 is 20.7 Å². The number of nitrogens with one attached hydrogen (secondary N) is 1. The van der Waals surface area contributed by atoms with Gasteiger partial charge in [0.1, 0.15) is 11.4 Å². The number of halogens is 2. The molecule has 2 fully saturated rings. The van der Waals surface area contributed by atoms with Crippen LogP contribution in [0, 0.1) is 17.0 Å². The van der Waals surface area contributed by atoms with Crippen molar-refractivity contribution in [2.45, 2.75) is 32.4 Å². The first-order valence-corrected chi connectivity index (χ1v) is 13.1. The number of carbonyl (C=O) groups is 1. The van der Waals surface area contributed by atoms with Crippen LogP contribution in [0.15, 0.2) is 53.5 Å². The SMILES string of the molecule is CC1(C)CN(c2c(NC(=O)c3ccc(=O)n(-c4c(F)cccc4F)n3)ccc3nn([C@@H]4CCOC4)cc23)C[C@@H]1N. The van der Waals surface area contributed by atoms with Crippen LogP contribution in [0.4, 0.5) is 20.2 Å². The Morgan fingerprint density at radius 3 is 2.55 bits per heavy atom. The van der Waals surface area contributed by atoms with Gasteiger partial charge in [-0.25, -0.2) is 8.78 Å². The highest BCUT2D eigenvalue weighted by molar-refractivity contribution is 6.08. The lowest BCUT2D eigenvalue weighted by Crippen LogP contribution is -2.35. The summed E-state index contributed by atoms with van der Waals surface area (Å²) in [6.45, 7) is 6.69. The van der Waals surface area contributed by atoms with Crippen LogP contribution in [0.5, 0.6) is 0 Å². The fraction of sp³-hybridized carbons (Fsp3) is 0.357. The molecule has 40 heavy (non-hydrogen) atoms. The summed E-state index contributed by atoms with van der Waals surface area (Å²) in [6.07, 6.45) is 2.83. The Bertz CT molecular complexity index is 1660. The number of anilines is 2. The predicted octanol–water partition coefficient (Wildman–Crippen LogP) is 3.25. The first-order chi connectivity index (χ1) is 19.1. The molecule has 0 aliphatic carbocycles. The van der Waals surface area contributed by atoms with E-state index in [0.717, 1.165) is 41.2 Å². The zero-order valence-electron chi connectivity index (χ0n) is 22.1. The van der Waals surface area contributed by atoms with E-state index in [2.05, 4.69) is 29.2 Å². The van der Waals surface area contributed by atoms with Gasteiger partial charge >= 0.3 is 0 Å². The molecule has 12 heteroatoms. The number of fused-ring (bicyclic) bond motifs is 1. The van der Waals surface area contributed by atoms with Gasteiger partial charge in [0.2, 0.25) is 0 Å². The van der Waals surface area contributed by atoms with E-state index in [9.17, 15) is 18.4 Å². The molecule has 0 spiro atoms. The van der Waals surface area contributed by atoms with E-state index in [4.69, 9.17) is 15.6 Å². The monoisotopic (exact) mass is 549 g/mol. The standard InChI is InChI=1S/C28H29F2N7O3/c1-28(2)15-35(13-23(28)31)25-17-12-36(16-10-11-40-14-16)33-20(17)6-7-21(25)32-27(39)22-8-9-24(38)37(34-22)26-18(29)4-3-5-19(26)30/h3-9,12,16,23H,10-11,13-15,31H2,1-2H3,(H,32,39)/t16-,23+/m1/s1. The number of hydrogen-bond acceptors (Lipinski definition) is 7. The Balaban J connectivity index is 1.40. The maximum Gasteiger partial charge on any atom is 0.276 e. The molecule has 3 N–H and O–H groups in total. The molecule has 0 unspecified atom stereocenters. The lowest BCUT2D eigenvalue weighted by atomic mass is 9.89. The maximum atomic E-state index is 14.4. The molecule has 2 aliphatic heterocycles. The van der Waals surface area contributed by atoms with Crippen molar-refractivity contribution in [2.24, 2.45) is 11.1 Å². The lowest BCUT2D eigenvalue weighted by Gasteiger charge is -2.25. The summed E-state index contributed by atoms with van der Waals surface area (Å²) < 4.78 is 36.8. The van der Waals surface area contributed by atoms with E-state index in [0.29, 0.717) is 36.7 Å². The van der Waals surface area contributed by atoms with Crippen LogP contribution in [0.1, 0.15) is 36.8 Å². The normalized spacial score (nSPS) is 20.4. The molecule has 2 aromatic heterocycles. The Morgan fingerprint density at radius 2 is 1.88 bits per heavy atom. The largest absolute Gasteiger partial charge is 0.379 e. The quantitative estimate of drug-likeness (QED) is 0.392. The predicted molar refractivity (Wildman–Crippen MR) is 146 cm³/mol. The molecule has 2 aliphatic rings. The number of benzene rings is 2. The van der Waals surface area contributed by atoms with Gasteiger partial charge in [-0.05, 0) is 42.2 Å². The molecular weight excluding hydrogens is 520 g/mol. The molecule has 4 aromatic rings. The number of nitrogens with two attached hydrogens (primary N) is 1. The summed E-state index contributed by atoms with van der Waals surface area (Å²) in [5.74, 6) is -2.60. The second-order valence-corrected chi connectivity index (χ2v) is 11.0. The van der Waals surface area contributed by atoms with Crippen LogP contribution in [0.3, 0.4) is 0 Å². The third kappa shape index (κ3) is 4.52. The molecule has 4 heterocycles. The van der Waals surface area contributed by atoms with Crippen molar-refractivity contribution in [1.82, 2.24) is 19.6 Å². The molecule has 2 atom stereocenters. The summed E-state index contributed by atoms with van der Waals surface area (Å²) in [5, 5.41) is 12.5. The van der Waals surface area contributed by atoms with E-state index >= 15 is 0 Å². The summed E-state index contributed by atoms with van der Waals surface area (Å²) in [7, 11) is 0. The van der Waals surface area contributed by atoms with E-state index in [1.165, 1.54) is 12.1 Å². The lowest BCUT2D eigenvalue weighted by molar-refractivity contribution is 0.102. The average Bonchev–Trinajstić information content (AvgIpc) is 3.64. The Hall–Kier alpha value is -4.16. The van der Waals surface area contributed by atoms with Crippen molar-refractivity contribution in [3.05, 3.63) is 76.3 Å². The summed E-state index contributed by atoms with van der Waals surface area (Å²) in [5.41, 5.74) is 6.72. The molecule has 10 nitrogen and oxygen atoms in total. The van der Waals surface area contributed by atoms with Gasteiger partial charge in [0.15, 0.2) is 11.6 Å². The second-order valence-electron chi connectivity index (χ2n) is 11.0. The van der Waals surface area contributed by atoms with Gasteiger partial charge in [0.25, 0.3) is 11.5 Å². The van der Waals surface area contributed by atoms with Crippen LogP contribution in [0.25, 0.3) is 16.6 Å². The highest BCUT2D eigenvalue weighted by Crippen LogP contribution is 2.41. The van der Waals surface area contributed by atoms with Crippen molar-refractivity contribution in [3.8, 4) is 5.69 Å². The van der Waals surface area contributed by atoms with E-state index in [1.807, 2.05) is 16.9 Å². The summed E-state index contributed by atoms with van der Waals surface area (Å²) >= 11 is 0. The number of rotatable bonds is 5. The van der Waals surface area contributed by atoms with Gasteiger partial charge in [0.05, 0.1) is 29.5 Å². The van der Waals surface area contributed by atoms with Crippen molar-refractivity contribution in [2.75, 3.05) is 36.5 Å². The first kappa shape index (κ1) is 26.1. The number of aromatic nitrogens is 4. The van der Waals surface area contributed by atoms with Crippen LogP contribution in [0.2, 0.25) is 0 Å². The number of ether oxygens (including phenoxy) is 1. The van der Waals surface area contributed by atoms with Crippen LogP contribution in [-0.2, 0) is 4.74 Å². The number of nitrogens with zero attached hydrogens (tertiary/aromatic N) is 5. The summed E-state index contributed by atoms with van der Waals surface area (Å²) in [6, 6.07) is 9.10. The van der Waals surface area contributed by atoms with Gasteiger partial charge in [-0.2, -0.15) is 14.9 Å². The smallest absolute Gasteiger partial charge is 0.276 e. The molecule has 2 aromatic carbocycles. The zero-order chi connectivity index (χ0) is 28.2. The highest BCUT2D eigenvalue weighted by atomic mass is 19.1. The fourth-order valence-electron chi connectivity index (χ4n) is 5.36. The average molecular weight is 550 g/mol. The van der Waals surface area contributed by atoms with Gasteiger partial charge in [-0.1, -0.05) is 19.9 Å². The second kappa shape index (κ2) is 9.79. The number of hydrogen-bond donors (Lipinski definition) is 2. The molecule has 208 valence electrons. The minimum Gasteiger partial charge on any atom is -0.379 e. The molecule has 2 saturated heterocycles. The third-order valence-corrected chi connectivity index (χ3v) is 7.72. The number of para-hydroxylation sites is 1. The van der Waals surface area contributed by atoms with Crippen molar-refractivity contribution < 1.29 is 18.3 Å². The van der Waals surface area contributed by atoms with Crippen molar-refractivity contribution in [1.29, 1.82) is 0 Å². The van der Waals surface area contributed by atoms with Crippen LogP contribution in [-0.4, -0.2) is 57.8 Å². The Kier molecular flexibility index (Phi) is 6.38. The Morgan fingerprint density at radius 1 is 1.10 bits per heavy atom. The third-order valence-electron chi connectivity index (χ3n) is 7.72. The minimum atomic E-state index is -0.974. The number of carbonyl (C=O) groups excluding carboxylic acids is 1. The Labute approximate surface area is 228 Å². The topological polar surface area (TPSA) is 120 Å². The van der Waals surface area contributed by atoms with Crippen molar-refractivity contribution in [3.63, 3.8) is 0 Å². The molecule has 6 rings (SSSR count). The van der Waals surface area contributed by atoms with E-state index < -0.39 is 28.8 Å². The molecule has 0 bridgehead atoms. The van der Waals surface area contributed by atoms with Gasteiger partial charge in [-0.3, -0.25) is 14.3 Å². The van der Waals surface area contributed by atoms with Gasteiger partial charge in [0, 0.05) is 43.4 Å². The van der Waals surface area contributed by atoms with Crippen LogP contribution >= 0.6 is 0 Å². The van der Waals surface area contributed by atoms with Crippen LogP contribution < -0.4 is 21.5 Å². The molecule has 1 amide bonds. The van der Waals surface area contributed by atoms with E-state index in [-0.39, 0.29) is 23.2 Å². The highest BCUT2D eigenvalue weighted by Gasteiger charge is 2.38. The van der Waals surface area contributed by atoms with Gasteiger partial charge in [-0.15, -0.1) is 0 Å².